The van der Waals surface area contributed by atoms with Gasteiger partial charge >= 0.3 is 0 Å². The first-order valence-electron chi connectivity index (χ1n) is 6.25. The quantitative estimate of drug-likeness (QED) is 0.531. The Kier molecular flexibility index (Phi) is 6.52. The van der Waals surface area contributed by atoms with Gasteiger partial charge in [-0.05, 0) is 13.3 Å². The molecule has 0 saturated heterocycles. The van der Waals surface area contributed by atoms with Gasteiger partial charge in [0.1, 0.15) is 5.69 Å². The van der Waals surface area contributed by atoms with E-state index in [1.807, 2.05) is 11.6 Å². The summed E-state index contributed by atoms with van der Waals surface area (Å²) in [6, 6.07) is 0. The SMILES string of the molecule is CCCCCCn1nnc(CCl)c1C(C)OC. The van der Waals surface area contributed by atoms with Gasteiger partial charge in [0.15, 0.2) is 0 Å². The first-order chi connectivity index (χ1) is 8.24. The number of alkyl halides is 1. The van der Waals surface area contributed by atoms with Crippen LogP contribution < -0.4 is 0 Å². The van der Waals surface area contributed by atoms with E-state index in [-0.39, 0.29) is 6.10 Å². The van der Waals surface area contributed by atoms with Crippen LogP contribution in [0.3, 0.4) is 0 Å². The normalized spacial score (nSPS) is 12.9. The smallest absolute Gasteiger partial charge is 0.103 e. The molecular formula is C12H22ClN3O. The second-order valence-electron chi connectivity index (χ2n) is 4.22. The van der Waals surface area contributed by atoms with Crippen molar-refractivity contribution in [1.29, 1.82) is 0 Å². The maximum absolute atomic E-state index is 5.86. The molecule has 0 aromatic carbocycles. The first-order valence-corrected chi connectivity index (χ1v) is 6.79. The number of methoxy groups -OCH3 is 1. The molecule has 0 saturated carbocycles. The third-order valence-electron chi connectivity index (χ3n) is 2.94. The fraction of sp³-hybridized carbons (Fsp3) is 0.833. The Hall–Kier alpha value is -0.610. The Labute approximate surface area is 108 Å². The molecule has 1 aromatic rings. The van der Waals surface area contributed by atoms with Crippen LogP contribution >= 0.6 is 11.6 Å². The summed E-state index contributed by atoms with van der Waals surface area (Å²) >= 11 is 5.86. The maximum atomic E-state index is 5.86. The van der Waals surface area contributed by atoms with E-state index >= 15 is 0 Å². The number of nitrogens with zero attached hydrogens (tertiary/aromatic N) is 3. The van der Waals surface area contributed by atoms with Crippen molar-refractivity contribution >= 4 is 11.6 Å². The van der Waals surface area contributed by atoms with Gasteiger partial charge in [-0.25, -0.2) is 4.68 Å². The third-order valence-corrected chi connectivity index (χ3v) is 3.19. The molecular weight excluding hydrogens is 238 g/mol. The molecule has 98 valence electrons. The molecule has 1 atom stereocenters. The Balaban J connectivity index is 2.67. The van der Waals surface area contributed by atoms with Crippen molar-refractivity contribution in [1.82, 2.24) is 15.0 Å². The average Bonchev–Trinajstić information content (AvgIpc) is 2.76. The van der Waals surface area contributed by atoms with Gasteiger partial charge in [-0.1, -0.05) is 31.4 Å². The number of unbranched alkanes of at least 4 members (excludes halogenated alkanes) is 3. The molecule has 4 nitrogen and oxygen atoms in total. The van der Waals surface area contributed by atoms with E-state index in [2.05, 4.69) is 17.2 Å². The molecule has 0 fully saturated rings. The van der Waals surface area contributed by atoms with Gasteiger partial charge in [0.2, 0.25) is 0 Å². The van der Waals surface area contributed by atoms with Gasteiger partial charge in [0, 0.05) is 13.7 Å². The van der Waals surface area contributed by atoms with Crippen molar-refractivity contribution < 1.29 is 4.74 Å². The zero-order valence-electron chi connectivity index (χ0n) is 10.9. The minimum Gasteiger partial charge on any atom is -0.375 e. The van der Waals surface area contributed by atoms with Crippen LogP contribution in [-0.2, 0) is 17.2 Å². The lowest BCUT2D eigenvalue weighted by atomic mass is 10.2. The molecule has 0 bridgehead atoms. The van der Waals surface area contributed by atoms with Gasteiger partial charge in [-0.2, -0.15) is 0 Å². The van der Waals surface area contributed by atoms with E-state index in [1.54, 1.807) is 7.11 Å². The monoisotopic (exact) mass is 259 g/mol. The fourth-order valence-corrected chi connectivity index (χ4v) is 2.05. The number of rotatable bonds is 8. The van der Waals surface area contributed by atoms with Crippen LogP contribution in [0.2, 0.25) is 0 Å². The Bertz CT molecular complexity index is 328. The summed E-state index contributed by atoms with van der Waals surface area (Å²) in [4.78, 5) is 0. The minimum atomic E-state index is -0.00933. The number of hydrogen-bond acceptors (Lipinski definition) is 3. The summed E-state index contributed by atoms with van der Waals surface area (Å²) in [5.74, 6) is 0.387. The summed E-state index contributed by atoms with van der Waals surface area (Å²) in [6.07, 6.45) is 4.86. The summed E-state index contributed by atoms with van der Waals surface area (Å²) in [5, 5.41) is 8.26. The van der Waals surface area contributed by atoms with Gasteiger partial charge in [0.05, 0.1) is 17.7 Å². The number of hydrogen-bond donors (Lipinski definition) is 0. The molecule has 1 unspecified atom stereocenters. The number of aryl methyl sites for hydroxylation is 1. The average molecular weight is 260 g/mol. The largest absolute Gasteiger partial charge is 0.375 e. The van der Waals surface area contributed by atoms with Crippen LogP contribution in [-0.4, -0.2) is 22.1 Å². The van der Waals surface area contributed by atoms with Crippen LogP contribution in [0.1, 0.15) is 57.0 Å². The maximum Gasteiger partial charge on any atom is 0.103 e. The molecule has 17 heavy (non-hydrogen) atoms. The third kappa shape index (κ3) is 3.96. The molecule has 0 aliphatic rings. The van der Waals surface area contributed by atoms with Crippen LogP contribution in [0.15, 0.2) is 0 Å². The molecule has 1 aromatic heterocycles. The van der Waals surface area contributed by atoms with Gasteiger partial charge in [-0.15, -0.1) is 16.7 Å². The van der Waals surface area contributed by atoms with Gasteiger partial charge in [0.25, 0.3) is 0 Å². The van der Waals surface area contributed by atoms with E-state index in [0.717, 1.165) is 24.4 Å². The van der Waals surface area contributed by atoms with E-state index in [9.17, 15) is 0 Å². The zero-order valence-corrected chi connectivity index (χ0v) is 11.7. The predicted molar refractivity (Wildman–Crippen MR) is 69.1 cm³/mol. The molecule has 0 aliphatic heterocycles. The molecule has 0 aliphatic carbocycles. The highest BCUT2D eigenvalue weighted by molar-refractivity contribution is 6.16. The highest BCUT2D eigenvalue weighted by Gasteiger charge is 2.17. The molecule has 1 rings (SSSR count). The molecule has 0 amide bonds. The van der Waals surface area contributed by atoms with Crippen molar-refractivity contribution in [3.8, 4) is 0 Å². The lowest BCUT2D eigenvalue weighted by Gasteiger charge is -2.13. The van der Waals surface area contributed by atoms with Crippen molar-refractivity contribution in [2.24, 2.45) is 0 Å². The molecule has 0 N–H and O–H groups in total. The fourth-order valence-electron chi connectivity index (χ4n) is 1.86. The van der Waals surface area contributed by atoms with Crippen LogP contribution in [0.5, 0.6) is 0 Å². The van der Waals surface area contributed by atoms with E-state index in [1.165, 1.54) is 19.3 Å². The first kappa shape index (κ1) is 14.5. The Morgan fingerprint density at radius 1 is 1.35 bits per heavy atom. The number of halogens is 1. The highest BCUT2D eigenvalue weighted by atomic mass is 35.5. The van der Waals surface area contributed by atoms with Gasteiger partial charge in [-0.3, -0.25) is 0 Å². The second-order valence-corrected chi connectivity index (χ2v) is 4.48. The van der Waals surface area contributed by atoms with Crippen molar-refractivity contribution in [3.05, 3.63) is 11.4 Å². The van der Waals surface area contributed by atoms with Crippen molar-refractivity contribution in [2.45, 2.75) is 58.1 Å². The Morgan fingerprint density at radius 3 is 2.71 bits per heavy atom. The van der Waals surface area contributed by atoms with Crippen LogP contribution in [0.4, 0.5) is 0 Å². The predicted octanol–water partition coefficient (Wildman–Crippen LogP) is 3.30. The molecule has 0 radical (unpaired) electrons. The van der Waals surface area contributed by atoms with Crippen LogP contribution in [0.25, 0.3) is 0 Å². The second kappa shape index (κ2) is 7.67. The van der Waals surface area contributed by atoms with Crippen LogP contribution in [0, 0.1) is 0 Å². The summed E-state index contributed by atoms with van der Waals surface area (Å²) in [7, 11) is 1.69. The van der Waals surface area contributed by atoms with Gasteiger partial charge < -0.3 is 4.74 Å². The summed E-state index contributed by atoms with van der Waals surface area (Å²) in [6.45, 7) is 5.10. The highest BCUT2D eigenvalue weighted by Crippen LogP contribution is 2.20. The lowest BCUT2D eigenvalue weighted by Crippen LogP contribution is -2.10. The summed E-state index contributed by atoms with van der Waals surface area (Å²) < 4.78 is 7.28. The molecule has 1 heterocycles. The molecule has 5 heteroatoms. The van der Waals surface area contributed by atoms with Crippen molar-refractivity contribution in [3.63, 3.8) is 0 Å². The topological polar surface area (TPSA) is 39.9 Å². The Morgan fingerprint density at radius 2 is 2.12 bits per heavy atom. The number of aromatic nitrogens is 3. The van der Waals surface area contributed by atoms with Crippen molar-refractivity contribution in [2.75, 3.05) is 7.11 Å². The number of ether oxygens (including phenoxy) is 1. The zero-order chi connectivity index (χ0) is 12.7. The minimum absolute atomic E-state index is 0.00933. The standard InChI is InChI=1S/C12H22ClN3O/c1-4-5-6-7-8-16-12(10(2)17-3)11(9-13)14-15-16/h10H,4-9H2,1-3H3. The lowest BCUT2D eigenvalue weighted by molar-refractivity contribution is 0.110. The summed E-state index contributed by atoms with van der Waals surface area (Å²) in [5.41, 5.74) is 1.84. The van der Waals surface area contributed by atoms with E-state index in [4.69, 9.17) is 16.3 Å². The van der Waals surface area contributed by atoms with E-state index in [0.29, 0.717) is 5.88 Å². The molecule has 0 spiro atoms. The van der Waals surface area contributed by atoms with E-state index < -0.39 is 0 Å².